The monoisotopic (exact) mass is 280 g/mol. The molecular weight excluding hydrogens is 264 g/mol. The molecule has 1 aliphatic carbocycles. The van der Waals surface area contributed by atoms with E-state index >= 15 is 0 Å². The van der Waals surface area contributed by atoms with Crippen molar-refractivity contribution < 1.29 is 0 Å². The van der Waals surface area contributed by atoms with Gasteiger partial charge in [0.2, 0.25) is 0 Å². The van der Waals surface area contributed by atoms with Crippen LogP contribution in [0, 0.1) is 10.7 Å². The summed E-state index contributed by atoms with van der Waals surface area (Å²) < 4.78 is 2.29. The average Bonchev–Trinajstić information content (AvgIpc) is 2.98. The Morgan fingerprint density at radius 3 is 3.00 bits per heavy atom. The van der Waals surface area contributed by atoms with Gasteiger partial charge in [0.25, 0.3) is 5.56 Å². The van der Waals surface area contributed by atoms with Crippen LogP contribution in [0.25, 0.3) is 10.2 Å². The number of hydrogen-bond donors (Lipinski definition) is 1. The molecular formula is C13H16N2OS2. The third-order valence-electron chi connectivity index (χ3n) is 3.84. The number of rotatable bonds is 3. The quantitative estimate of drug-likeness (QED) is 0.871. The summed E-state index contributed by atoms with van der Waals surface area (Å²) in [6.45, 7) is 0.755. The first-order chi connectivity index (χ1) is 8.75. The molecule has 1 fully saturated rings. The Morgan fingerprint density at radius 1 is 1.44 bits per heavy atom. The molecule has 2 aromatic rings. The lowest BCUT2D eigenvalue weighted by atomic mass is 10.0. The minimum absolute atomic E-state index is 0.0630. The number of nitrogens with zero attached hydrogens (tertiary/aromatic N) is 1. The molecule has 18 heavy (non-hydrogen) atoms. The number of aromatic nitrogens is 2. The van der Waals surface area contributed by atoms with E-state index in [1.165, 1.54) is 37.0 Å². The van der Waals surface area contributed by atoms with Gasteiger partial charge in [-0.15, -0.1) is 11.3 Å². The number of hydrogen-bond acceptors (Lipinski definition) is 3. The lowest BCUT2D eigenvalue weighted by molar-refractivity contribution is 0.450. The topological polar surface area (TPSA) is 37.8 Å². The van der Waals surface area contributed by atoms with Crippen LogP contribution in [0.15, 0.2) is 16.2 Å². The maximum absolute atomic E-state index is 12.3. The van der Waals surface area contributed by atoms with Crippen LogP contribution < -0.4 is 5.56 Å². The second kappa shape index (κ2) is 4.97. The molecule has 2 heterocycles. The summed E-state index contributed by atoms with van der Waals surface area (Å²) in [6, 6.07) is 1.87. The first-order valence-corrected chi connectivity index (χ1v) is 7.75. The molecule has 0 amide bonds. The summed E-state index contributed by atoms with van der Waals surface area (Å²) >= 11 is 6.82. The maximum atomic E-state index is 12.3. The first-order valence-electron chi connectivity index (χ1n) is 6.46. The Hall–Kier alpha value is -0.940. The van der Waals surface area contributed by atoms with E-state index in [4.69, 9.17) is 12.2 Å². The van der Waals surface area contributed by atoms with Crippen molar-refractivity contribution >= 4 is 33.8 Å². The SMILES string of the molecule is O=c1c2ccsc2[nH]c(=S)n1CCC1CCCC1. The van der Waals surface area contributed by atoms with E-state index in [0.717, 1.165) is 29.1 Å². The molecule has 0 unspecified atom stereocenters. The lowest BCUT2D eigenvalue weighted by Gasteiger charge is -2.10. The summed E-state index contributed by atoms with van der Waals surface area (Å²) in [5.74, 6) is 0.782. The summed E-state index contributed by atoms with van der Waals surface area (Å²) in [4.78, 5) is 16.3. The smallest absolute Gasteiger partial charge is 0.263 e. The highest BCUT2D eigenvalue weighted by atomic mass is 32.1. The van der Waals surface area contributed by atoms with Crippen molar-refractivity contribution in [3.63, 3.8) is 0 Å². The molecule has 0 aliphatic heterocycles. The molecule has 3 nitrogen and oxygen atoms in total. The van der Waals surface area contributed by atoms with Crippen LogP contribution in [0.3, 0.4) is 0 Å². The van der Waals surface area contributed by atoms with Crippen LogP contribution in [0.2, 0.25) is 0 Å². The minimum atomic E-state index is 0.0630. The van der Waals surface area contributed by atoms with Gasteiger partial charge in [0, 0.05) is 6.54 Å². The minimum Gasteiger partial charge on any atom is -0.323 e. The molecule has 1 saturated carbocycles. The zero-order chi connectivity index (χ0) is 12.5. The lowest BCUT2D eigenvalue weighted by Crippen LogP contribution is -2.22. The first kappa shape index (κ1) is 12.1. The Labute approximate surface area is 114 Å². The molecule has 3 rings (SSSR count). The van der Waals surface area contributed by atoms with Gasteiger partial charge in [-0.25, -0.2) is 0 Å². The molecule has 0 spiro atoms. The molecule has 0 bridgehead atoms. The highest BCUT2D eigenvalue weighted by molar-refractivity contribution is 7.71. The van der Waals surface area contributed by atoms with Crippen molar-refractivity contribution in [1.82, 2.24) is 9.55 Å². The van der Waals surface area contributed by atoms with Gasteiger partial charge >= 0.3 is 0 Å². The predicted octanol–water partition coefficient (Wildman–Crippen LogP) is 3.70. The third kappa shape index (κ3) is 2.17. The van der Waals surface area contributed by atoms with Gasteiger partial charge in [-0.05, 0) is 36.0 Å². The molecule has 0 atom stereocenters. The summed E-state index contributed by atoms with van der Waals surface area (Å²) in [6.07, 6.45) is 6.39. The van der Waals surface area contributed by atoms with Crippen LogP contribution in [0.5, 0.6) is 0 Å². The fraction of sp³-hybridized carbons (Fsp3) is 0.538. The van der Waals surface area contributed by atoms with Crippen molar-refractivity contribution in [2.75, 3.05) is 0 Å². The van der Waals surface area contributed by atoms with Gasteiger partial charge in [0.05, 0.1) is 5.39 Å². The maximum Gasteiger partial charge on any atom is 0.263 e. The van der Waals surface area contributed by atoms with Crippen molar-refractivity contribution in [3.8, 4) is 0 Å². The van der Waals surface area contributed by atoms with Crippen molar-refractivity contribution in [2.24, 2.45) is 5.92 Å². The number of H-pyrrole nitrogens is 1. The van der Waals surface area contributed by atoms with Crippen LogP contribution >= 0.6 is 23.6 Å². The van der Waals surface area contributed by atoms with E-state index in [0.29, 0.717) is 4.77 Å². The zero-order valence-corrected chi connectivity index (χ0v) is 11.8. The van der Waals surface area contributed by atoms with Crippen LogP contribution in [-0.4, -0.2) is 9.55 Å². The molecule has 0 radical (unpaired) electrons. The molecule has 1 aliphatic rings. The van der Waals surface area contributed by atoms with E-state index in [9.17, 15) is 4.79 Å². The van der Waals surface area contributed by atoms with Gasteiger partial charge < -0.3 is 4.98 Å². The molecule has 0 saturated heterocycles. The van der Waals surface area contributed by atoms with Gasteiger partial charge in [-0.3, -0.25) is 9.36 Å². The van der Waals surface area contributed by atoms with Crippen molar-refractivity contribution in [2.45, 2.75) is 38.6 Å². The second-order valence-electron chi connectivity index (χ2n) is 4.99. The van der Waals surface area contributed by atoms with E-state index in [1.54, 1.807) is 4.57 Å². The van der Waals surface area contributed by atoms with Gasteiger partial charge in [-0.1, -0.05) is 25.7 Å². The highest BCUT2D eigenvalue weighted by Gasteiger charge is 2.15. The fourth-order valence-corrected chi connectivity index (χ4v) is 3.91. The van der Waals surface area contributed by atoms with Gasteiger partial charge in [-0.2, -0.15) is 0 Å². The largest absolute Gasteiger partial charge is 0.323 e. The number of aromatic amines is 1. The molecule has 2 aromatic heterocycles. The highest BCUT2D eigenvalue weighted by Crippen LogP contribution is 2.27. The molecule has 5 heteroatoms. The second-order valence-corrected chi connectivity index (χ2v) is 6.29. The van der Waals surface area contributed by atoms with Gasteiger partial charge in [0.15, 0.2) is 4.77 Å². The van der Waals surface area contributed by atoms with E-state index in [2.05, 4.69) is 4.98 Å². The van der Waals surface area contributed by atoms with E-state index in [1.807, 2.05) is 11.4 Å². The summed E-state index contributed by atoms with van der Waals surface area (Å²) in [5, 5.41) is 2.69. The Kier molecular flexibility index (Phi) is 3.35. The average molecular weight is 280 g/mol. The fourth-order valence-electron chi connectivity index (χ4n) is 2.79. The Bertz CT molecular complexity index is 661. The number of nitrogens with one attached hydrogen (secondary N) is 1. The molecule has 96 valence electrons. The number of fused-ring (bicyclic) bond motifs is 1. The molecule has 0 aromatic carbocycles. The normalized spacial score (nSPS) is 16.7. The third-order valence-corrected chi connectivity index (χ3v) is 4.99. The van der Waals surface area contributed by atoms with Crippen molar-refractivity contribution in [1.29, 1.82) is 0 Å². The summed E-state index contributed by atoms with van der Waals surface area (Å²) in [5.41, 5.74) is 0.0630. The van der Waals surface area contributed by atoms with E-state index < -0.39 is 0 Å². The summed E-state index contributed by atoms with van der Waals surface area (Å²) in [7, 11) is 0. The molecule has 1 N–H and O–H groups in total. The van der Waals surface area contributed by atoms with Gasteiger partial charge in [0.1, 0.15) is 4.83 Å². The van der Waals surface area contributed by atoms with Crippen LogP contribution in [0.1, 0.15) is 32.1 Å². The zero-order valence-electron chi connectivity index (χ0n) is 10.1. The number of thiophene rings is 1. The predicted molar refractivity (Wildman–Crippen MR) is 77.8 cm³/mol. The van der Waals surface area contributed by atoms with Crippen molar-refractivity contribution in [3.05, 3.63) is 26.6 Å². The Morgan fingerprint density at radius 2 is 2.22 bits per heavy atom. The van der Waals surface area contributed by atoms with Crippen LogP contribution in [0.4, 0.5) is 0 Å². The Balaban J connectivity index is 1.90. The standard InChI is InChI=1S/C13H16N2OS2/c16-12-10-6-8-18-11(10)14-13(17)15(12)7-5-9-3-1-2-4-9/h6,8-9H,1-5,7H2,(H,14,17). The van der Waals surface area contributed by atoms with Crippen LogP contribution in [-0.2, 0) is 6.54 Å². The van der Waals surface area contributed by atoms with E-state index in [-0.39, 0.29) is 5.56 Å².